The van der Waals surface area contributed by atoms with Crippen LogP contribution in [0.2, 0.25) is 0 Å². The molecule has 210 valence electrons. The Kier molecular flexibility index (Phi) is 9.96. The SMILES string of the molecule is C[C@@H](O)[C@H](N)C(=O)N1CCCC1C(=O)N1CCC[C@]1(Cc1cc(Br)cc(Br)c1)C(=O)N[C@H](C(N)=O)[C@@H](C)O. The highest BCUT2D eigenvalue weighted by molar-refractivity contribution is 9.11. The van der Waals surface area contributed by atoms with E-state index in [9.17, 15) is 29.4 Å². The summed E-state index contributed by atoms with van der Waals surface area (Å²) in [6, 6.07) is 2.17. The molecule has 1 unspecified atom stereocenters. The van der Waals surface area contributed by atoms with Gasteiger partial charge in [-0.1, -0.05) is 31.9 Å². The van der Waals surface area contributed by atoms with Crippen molar-refractivity contribution >= 4 is 55.5 Å². The molecule has 2 aliphatic rings. The average molecular weight is 661 g/mol. The van der Waals surface area contributed by atoms with Gasteiger partial charge in [0.1, 0.15) is 23.7 Å². The standard InChI is InChI=1S/C25H35Br2N5O6/c1-13(33)19(28)23(37)31-7-3-5-18(31)22(36)32-8-4-6-25(32,12-15-9-16(26)11-17(27)10-15)24(38)30-20(14(2)34)21(29)35/h9-11,13-14,18-20,33-34H,3-8,12,28H2,1-2H3,(H2,29,35)(H,30,38)/t13-,14-,18?,19+,20+,25+/m1/s1. The fourth-order valence-electron chi connectivity index (χ4n) is 5.32. The van der Waals surface area contributed by atoms with Crippen molar-refractivity contribution < 1.29 is 29.4 Å². The second kappa shape index (κ2) is 12.4. The van der Waals surface area contributed by atoms with Gasteiger partial charge in [-0.15, -0.1) is 0 Å². The highest BCUT2D eigenvalue weighted by atomic mass is 79.9. The number of carbonyl (C=O) groups excluding carboxylic acids is 4. The van der Waals surface area contributed by atoms with Crippen molar-refractivity contribution in [3.8, 4) is 0 Å². The predicted molar refractivity (Wildman–Crippen MR) is 146 cm³/mol. The summed E-state index contributed by atoms with van der Waals surface area (Å²) in [7, 11) is 0. The first-order chi connectivity index (χ1) is 17.8. The van der Waals surface area contributed by atoms with E-state index >= 15 is 0 Å². The van der Waals surface area contributed by atoms with Gasteiger partial charge in [-0.25, -0.2) is 0 Å². The third-order valence-corrected chi connectivity index (χ3v) is 8.21. The van der Waals surface area contributed by atoms with Crippen molar-refractivity contribution in [2.24, 2.45) is 11.5 Å². The van der Waals surface area contributed by atoms with Crippen LogP contribution in [-0.2, 0) is 25.6 Å². The Balaban J connectivity index is 2.01. The lowest BCUT2D eigenvalue weighted by molar-refractivity contribution is -0.152. The number of aliphatic hydroxyl groups excluding tert-OH is 2. The Morgan fingerprint density at radius 2 is 1.71 bits per heavy atom. The number of carbonyl (C=O) groups is 4. The maximum absolute atomic E-state index is 14.0. The number of hydrogen-bond donors (Lipinski definition) is 5. The minimum atomic E-state index is -1.40. The number of nitrogens with one attached hydrogen (secondary N) is 1. The molecule has 2 aliphatic heterocycles. The van der Waals surface area contributed by atoms with Gasteiger partial charge in [0.2, 0.25) is 23.6 Å². The van der Waals surface area contributed by atoms with E-state index in [2.05, 4.69) is 37.2 Å². The van der Waals surface area contributed by atoms with Crippen LogP contribution in [0, 0.1) is 0 Å². The minimum absolute atomic E-state index is 0.127. The number of hydrogen-bond acceptors (Lipinski definition) is 7. The lowest BCUT2D eigenvalue weighted by Gasteiger charge is -2.41. The summed E-state index contributed by atoms with van der Waals surface area (Å²) < 4.78 is 1.54. The molecule has 1 aromatic rings. The third kappa shape index (κ3) is 6.39. The second-order valence-corrected chi connectivity index (χ2v) is 12.0. The number of rotatable bonds is 9. The van der Waals surface area contributed by atoms with Gasteiger partial charge in [-0.05, 0) is 63.3 Å². The van der Waals surface area contributed by atoms with Crippen molar-refractivity contribution in [1.29, 1.82) is 0 Å². The van der Waals surface area contributed by atoms with E-state index in [0.717, 1.165) is 14.5 Å². The molecule has 0 aliphatic carbocycles. The molecular weight excluding hydrogens is 626 g/mol. The van der Waals surface area contributed by atoms with E-state index in [-0.39, 0.29) is 13.0 Å². The summed E-state index contributed by atoms with van der Waals surface area (Å²) in [6.45, 7) is 3.34. The maximum Gasteiger partial charge on any atom is 0.247 e. The summed E-state index contributed by atoms with van der Waals surface area (Å²) >= 11 is 6.92. The van der Waals surface area contributed by atoms with Gasteiger partial charge in [-0.3, -0.25) is 19.2 Å². The fourth-order valence-corrected chi connectivity index (χ4v) is 6.71. The summed E-state index contributed by atoms with van der Waals surface area (Å²) in [4.78, 5) is 55.8. The van der Waals surface area contributed by atoms with Gasteiger partial charge < -0.3 is 36.8 Å². The zero-order valence-electron chi connectivity index (χ0n) is 21.4. The molecule has 2 saturated heterocycles. The molecule has 2 fully saturated rings. The number of aliphatic hydroxyl groups is 2. The van der Waals surface area contributed by atoms with Crippen LogP contribution in [-0.4, -0.2) is 92.6 Å². The van der Waals surface area contributed by atoms with Crippen molar-refractivity contribution in [3.63, 3.8) is 0 Å². The summed E-state index contributed by atoms with van der Waals surface area (Å²) in [6.07, 6.45) is -0.425. The van der Waals surface area contributed by atoms with Gasteiger partial charge in [0.25, 0.3) is 0 Å². The third-order valence-electron chi connectivity index (χ3n) is 7.30. The van der Waals surface area contributed by atoms with Gasteiger partial charge in [0.05, 0.1) is 12.2 Å². The van der Waals surface area contributed by atoms with E-state index in [1.807, 2.05) is 18.2 Å². The first-order valence-corrected chi connectivity index (χ1v) is 14.2. The molecule has 13 heteroatoms. The van der Waals surface area contributed by atoms with E-state index in [0.29, 0.717) is 32.2 Å². The lowest BCUT2D eigenvalue weighted by Crippen LogP contribution is -2.65. The molecule has 3 rings (SSSR count). The quantitative estimate of drug-likeness (QED) is 0.250. The molecule has 4 amide bonds. The molecule has 0 saturated carbocycles. The number of likely N-dealkylation sites (tertiary alicyclic amines) is 2. The zero-order valence-corrected chi connectivity index (χ0v) is 24.6. The molecule has 1 aromatic carbocycles. The molecule has 0 radical (unpaired) electrons. The van der Waals surface area contributed by atoms with Crippen LogP contribution in [0.4, 0.5) is 0 Å². The summed E-state index contributed by atoms with van der Waals surface area (Å²) in [5.74, 6) is -2.43. The van der Waals surface area contributed by atoms with Crippen molar-refractivity contribution in [2.45, 2.75) is 81.8 Å². The van der Waals surface area contributed by atoms with Crippen LogP contribution in [0.5, 0.6) is 0 Å². The Morgan fingerprint density at radius 1 is 1.08 bits per heavy atom. The van der Waals surface area contributed by atoms with Gasteiger partial charge >= 0.3 is 0 Å². The highest BCUT2D eigenvalue weighted by Crippen LogP contribution is 2.37. The first kappa shape index (κ1) is 30.5. The Bertz CT molecular complexity index is 1070. The lowest BCUT2D eigenvalue weighted by atomic mass is 9.86. The largest absolute Gasteiger partial charge is 0.391 e. The monoisotopic (exact) mass is 659 g/mol. The number of halogens is 2. The average Bonchev–Trinajstić information content (AvgIpc) is 3.48. The molecule has 6 atom stereocenters. The molecule has 0 aromatic heterocycles. The predicted octanol–water partition coefficient (Wildman–Crippen LogP) is 0.165. The fraction of sp³-hybridized carbons (Fsp3) is 0.600. The Labute approximate surface area is 238 Å². The number of nitrogens with two attached hydrogens (primary N) is 2. The number of amides is 4. The van der Waals surface area contributed by atoms with E-state index in [1.165, 1.54) is 23.6 Å². The van der Waals surface area contributed by atoms with E-state index in [1.54, 1.807) is 0 Å². The van der Waals surface area contributed by atoms with Crippen LogP contribution < -0.4 is 16.8 Å². The van der Waals surface area contributed by atoms with E-state index < -0.39 is 59.5 Å². The molecule has 2 heterocycles. The van der Waals surface area contributed by atoms with Gasteiger partial charge in [0, 0.05) is 28.5 Å². The highest BCUT2D eigenvalue weighted by Gasteiger charge is 2.53. The number of primary amides is 1. The number of benzene rings is 1. The molecule has 7 N–H and O–H groups in total. The molecule has 38 heavy (non-hydrogen) atoms. The second-order valence-electron chi connectivity index (χ2n) is 10.1. The Hall–Kier alpha value is -2.06. The smallest absolute Gasteiger partial charge is 0.247 e. The van der Waals surface area contributed by atoms with Gasteiger partial charge in [-0.2, -0.15) is 0 Å². The zero-order chi connectivity index (χ0) is 28.4. The van der Waals surface area contributed by atoms with Crippen LogP contribution in [0.25, 0.3) is 0 Å². The minimum Gasteiger partial charge on any atom is -0.391 e. The van der Waals surface area contributed by atoms with Gasteiger partial charge in [0.15, 0.2) is 0 Å². The molecule has 0 bridgehead atoms. The van der Waals surface area contributed by atoms with Crippen LogP contribution in [0.15, 0.2) is 27.1 Å². The van der Waals surface area contributed by atoms with Crippen LogP contribution in [0.1, 0.15) is 45.1 Å². The van der Waals surface area contributed by atoms with Crippen molar-refractivity contribution in [1.82, 2.24) is 15.1 Å². The molecular formula is C25H35Br2N5O6. The topological polar surface area (TPSA) is 179 Å². The summed E-state index contributed by atoms with van der Waals surface area (Å²) in [5.41, 5.74) is 10.7. The normalized spacial score (nSPS) is 24.6. The van der Waals surface area contributed by atoms with E-state index in [4.69, 9.17) is 11.5 Å². The molecule has 11 nitrogen and oxygen atoms in total. The Morgan fingerprint density at radius 3 is 2.26 bits per heavy atom. The molecule has 0 spiro atoms. The van der Waals surface area contributed by atoms with Crippen molar-refractivity contribution in [3.05, 3.63) is 32.7 Å². The van der Waals surface area contributed by atoms with Crippen LogP contribution >= 0.6 is 31.9 Å². The number of nitrogens with zero attached hydrogens (tertiary/aromatic N) is 2. The summed E-state index contributed by atoms with van der Waals surface area (Å²) in [5, 5.41) is 22.5. The van der Waals surface area contributed by atoms with Crippen LogP contribution in [0.3, 0.4) is 0 Å². The van der Waals surface area contributed by atoms with Crippen molar-refractivity contribution in [2.75, 3.05) is 13.1 Å². The first-order valence-electron chi connectivity index (χ1n) is 12.6. The maximum atomic E-state index is 14.0.